The van der Waals surface area contributed by atoms with Gasteiger partial charge in [-0.15, -0.1) is 11.3 Å². The molecule has 1 aromatic heterocycles. The molecule has 0 saturated heterocycles. The van der Waals surface area contributed by atoms with Crippen molar-refractivity contribution in [3.8, 4) is 11.8 Å². The fourth-order valence-corrected chi connectivity index (χ4v) is 3.29. The van der Waals surface area contributed by atoms with Crippen LogP contribution in [0.5, 0.6) is 5.75 Å². The Balaban J connectivity index is 1.99. The summed E-state index contributed by atoms with van der Waals surface area (Å²) >= 11 is 6.99. The van der Waals surface area contributed by atoms with Gasteiger partial charge in [0, 0.05) is 5.02 Å². The molecule has 0 radical (unpaired) electrons. The van der Waals surface area contributed by atoms with Gasteiger partial charge in [-0.1, -0.05) is 25.4 Å². The van der Waals surface area contributed by atoms with Crippen molar-refractivity contribution < 1.29 is 19.1 Å². The average molecular weight is 450 g/mol. The molecular weight excluding hydrogens is 426 g/mol. The third-order valence-electron chi connectivity index (χ3n) is 4.63. The van der Waals surface area contributed by atoms with E-state index < -0.39 is 23.5 Å². The minimum absolute atomic E-state index is 0.110. The van der Waals surface area contributed by atoms with Crippen molar-refractivity contribution in [2.24, 2.45) is 5.92 Å². The van der Waals surface area contributed by atoms with Crippen molar-refractivity contribution in [3.05, 3.63) is 44.9 Å². The molecule has 0 aliphatic carbocycles. The summed E-state index contributed by atoms with van der Waals surface area (Å²) in [7, 11) is 0. The van der Waals surface area contributed by atoms with E-state index in [1.54, 1.807) is 38.1 Å². The first kappa shape index (κ1) is 23.6. The fourth-order valence-electron chi connectivity index (χ4n) is 2.31. The number of hydrogen-bond donors (Lipinski definition) is 1. The molecule has 2 aromatic rings. The number of ether oxygens (including phenoxy) is 2. The quantitative estimate of drug-likeness (QED) is 0.603. The average Bonchev–Trinajstić information content (AvgIpc) is 3.07. The highest BCUT2D eigenvalue weighted by molar-refractivity contribution is 7.13. The number of nitriles is 1. The number of carbonyl (C=O) groups is 2. The number of benzene rings is 1. The first-order chi connectivity index (χ1) is 14.1. The minimum Gasteiger partial charge on any atom is -0.486 e. The molecule has 1 amide bonds. The Morgan fingerprint density at radius 2 is 1.93 bits per heavy atom. The van der Waals surface area contributed by atoms with E-state index in [-0.39, 0.29) is 12.5 Å². The van der Waals surface area contributed by atoms with Crippen LogP contribution in [0.1, 0.15) is 48.1 Å². The van der Waals surface area contributed by atoms with Crippen LogP contribution in [0.3, 0.4) is 0 Å². The lowest BCUT2D eigenvalue weighted by molar-refractivity contribution is -0.130. The standard InChI is InChI=1S/C21H24ClN3O4S/c1-12(2)21(5,11-23)25-19(26)14(4)29-20(27)18-13(3)24-17(30-18)10-28-16-8-6-15(22)7-9-16/h6-9,12,14H,10H2,1-5H3,(H,25,26). The number of carbonyl (C=O) groups excluding carboxylic acids is 2. The number of nitrogens with one attached hydrogen (secondary N) is 1. The van der Waals surface area contributed by atoms with Crippen molar-refractivity contribution in [1.29, 1.82) is 5.26 Å². The molecule has 0 fully saturated rings. The van der Waals surface area contributed by atoms with Crippen LogP contribution in [0.4, 0.5) is 0 Å². The summed E-state index contributed by atoms with van der Waals surface area (Å²) in [6.07, 6.45) is -1.06. The van der Waals surface area contributed by atoms with Gasteiger partial charge in [-0.2, -0.15) is 5.26 Å². The van der Waals surface area contributed by atoms with Crippen molar-refractivity contribution >= 4 is 34.8 Å². The van der Waals surface area contributed by atoms with E-state index in [0.29, 0.717) is 26.4 Å². The summed E-state index contributed by atoms with van der Waals surface area (Å²) < 4.78 is 10.9. The van der Waals surface area contributed by atoms with Crippen molar-refractivity contribution in [1.82, 2.24) is 10.3 Å². The van der Waals surface area contributed by atoms with Gasteiger partial charge in [-0.05, 0) is 51.0 Å². The largest absolute Gasteiger partial charge is 0.486 e. The van der Waals surface area contributed by atoms with Crippen LogP contribution in [0.15, 0.2) is 24.3 Å². The van der Waals surface area contributed by atoms with Crippen LogP contribution in [0, 0.1) is 24.2 Å². The van der Waals surface area contributed by atoms with Gasteiger partial charge in [0.2, 0.25) is 0 Å². The summed E-state index contributed by atoms with van der Waals surface area (Å²) in [5, 5.41) is 13.2. The van der Waals surface area contributed by atoms with Crippen molar-refractivity contribution in [2.45, 2.75) is 52.9 Å². The molecule has 2 unspecified atom stereocenters. The second kappa shape index (κ2) is 9.92. The van der Waals surface area contributed by atoms with Gasteiger partial charge in [0.05, 0.1) is 11.8 Å². The van der Waals surface area contributed by atoms with Crippen LogP contribution in [0.2, 0.25) is 5.02 Å². The van der Waals surface area contributed by atoms with Gasteiger partial charge in [0.1, 0.15) is 27.8 Å². The molecule has 1 aromatic carbocycles. The minimum atomic E-state index is -1.06. The number of nitrogens with zero attached hydrogens (tertiary/aromatic N) is 2. The van der Waals surface area contributed by atoms with E-state index in [1.165, 1.54) is 6.92 Å². The van der Waals surface area contributed by atoms with E-state index in [9.17, 15) is 14.9 Å². The maximum atomic E-state index is 12.5. The molecule has 1 heterocycles. The number of aromatic nitrogens is 1. The zero-order valence-corrected chi connectivity index (χ0v) is 19.1. The third-order valence-corrected chi connectivity index (χ3v) is 5.99. The first-order valence-electron chi connectivity index (χ1n) is 9.34. The summed E-state index contributed by atoms with van der Waals surface area (Å²) in [5.74, 6) is -0.656. The second-order valence-electron chi connectivity index (χ2n) is 7.27. The SMILES string of the molecule is Cc1nc(COc2ccc(Cl)cc2)sc1C(=O)OC(C)C(=O)NC(C)(C#N)C(C)C. The Morgan fingerprint density at radius 3 is 2.50 bits per heavy atom. The zero-order valence-electron chi connectivity index (χ0n) is 17.5. The lowest BCUT2D eigenvalue weighted by atomic mass is 9.90. The Labute approximate surface area is 185 Å². The Bertz CT molecular complexity index is 952. The molecule has 0 spiro atoms. The highest BCUT2D eigenvalue weighted by Gasteiger charge is 2.33. The molecule has 0 aliphatic rings. The molecular formula is C21H24ClN3O4S. The van der Waals surface area contributed by atoms with E-state index in [2.05, 4.69) is 16.4 Å². The van der Waals surface area contributed by atoms with Gasteiger partial charge in [-0.3, -0.25) is 4.79 Å². The predicted octanol–water partition coefficient (Wildman–Crippen LogP) is 4.28. The van der Waals surface area contributed by atoms with Crippen LogP contribution in [-0.4, -0.2) is 28.5 Å². The van der Waals surface area contributed by atoms with Crippen molar-refractivity contribution in [2.75, 3.05) is 0 Å². The maximum absolute atomic E-state index is 12.5. The first-order valence-corrected chi connectivity index (χ1v) is 10.5. The number of rotatable bonds is 8. The lowest BCUT2D eigenvalue weighted by Gasteiger charge is -2.28. The monoisotopic (exact) mass is 449 g/mol. The number of esters is 1. The molecule has 0 aliphatic heterocycles. The van der Waals surface area contributed by atoms with Gasteiger partial charge in [0.25, 0.3) is 5.91 Å². The van der Waals surface area contributed by atoms with Gasteiger partial charge in [-0.25, -0.2) is 9.78 Å². The highest BCUT2D eigenvalue weighted by Crippen LogP contribution is 2.23. The van der Waals surface area contributed by atoms with Crippen LogP contribution >= 0.6 is 22.9 Å². The number of hydrogen-bond acceptors (Lipinski definition) is 7. The fraction of sp³-hybridized carbons (Fsp3) is 0.429. The number of amides is 1. The van der Waals surface area contributed by atoms with Crippen molar-refractivity contribution in [3.63, 3.8) is 0 Å². The molecule has 2 atom stereocenters. The topological polar surface area (TPSA) is 101 Å². The number of aryl methyl sites for hydroxylation is 1. The second-order valence-corrected chi connectivity index (χ2v) is 8.79. The number of halogens is 1. The van der Waals surface area contributed by atoms with E-state index in [4.69, 9.17) is 21.1 Å². The molecule has 0 saturated carbocycles. The lowest BCUT2D eigenvalue weighted by Crippen LogP contribution is -2.52. The Kier molecular flexibility index (Phi) is 7.82. The Hall–Kier alpha value is -2.63. The molecule has 30 heavy (non-hydrogen) atoms. The van der Waals surface area contributed by atoms with Crippen LogP contribution < -0.4 is 10.1 Å². The highest BCUT2D eigenvalue weighted by atomic mass is 35.5. The van der Waals surface area contributed by atoms with Gasteiger partial charge >= 0.3 is 5.97 Å². The third kappa shape index (κ3) is 5.94. The molecule has 7 nitrogen and oxygen atoms in total. The van der Waals surface area contributed by atoms with E-state index in [1.807, 2.05) is 13.8 Å². The van der Waals surface area contributed by atoms with Gasteiger partial charge in [0.15, 0.2) is 6.10 Å². The molecule has 1 N–H and O–H groups in total. The summed E-state index contributed by atoms with van der Waals surface area (Å²) in [4.78, 5) is 29.5. The molecule has 2 rings (SSSR count). The number of thiazole rings is 1. The smallest absolute Gasteiger partial charge is 0.351 e. The maximum Gasteiger partial charge on any atom is 0.351 e. The molecule has 9 heteroatoms. The summed E-state index contributed by atoms with van der Waals surface area (Å²) in [6.45, 7) is 8.63. The Morgan fingerprint density at radius 1 is 1.30 bits per heavy atom. The zero-order chi connectivity index (χ0) is 22.5. The molecule has 0 bridgehead atoms. The van der Waals surface area contributed by atoms with Crippen LogP contribution in [0.25, 0.3) is 0 Å². The molecule has 160 valence electrons. The predicted molar refractivity (Wildman–Crippen MR) is 115 cm³/mol. The normalized spacial score (nSPS) is 13.8. The summed E-state index contributed by atoms with van der Waals surface area (Å²) in [6, 6.07) is 9.01. The van der Waals surface area contributed by atoms with Gasteiger partial charge < -0.3 is 14.8 Å². The summed E-state index contributed by atoms with van der Waals surface area (Å²) in [5.41, 5.74) is -0.555. The van der Waals surface area contributed by atoms with E-state index >= 15 is 0 Å². The van der Waals surface area contributed by atoms with Crippen LogP contribution in [-0.2, 0) is 16.1 Å². The van der Waals surface area contributed by atoms with E-state index in [0.717, 1.165) is 11.3 Å².